The van der Waals surface area contributed by atoms with Crippen molar-refractivity contribution >= 4 is 5.97 Å². The van der Waals surface area contributed by atoms with Gasteiger partial charge in [0.1, 0.15) is 5.92 Å². The Bertz CT molecular complexity index is 301. The van der Waals surface area contributed by atoms with E-state index in [9.17, 15) is 9.90 Å². The van der Waals surface area contributed by atoms with Gasteiger partial charge in [-0.1, -0.05) is 42.5 Å². The van der Waals surface area contributed by atoms with E-state index in [-0.39, 0.29) is 0 Å². The van der Waals surface area contributed by atoms with Crippen molar-refractivity contribution in [3.05, 3.63) is 48.0 Å². The lowest BCUT2D eigenvalue weighted by Crippen LogP contribution is -2.06. The maximum atomic E-state index is 10.7. The van der Waals surface area contributed by atoms with Crippen LogP contribution in [0, 0.1) is 0 Å². The van der Waals surface area contributed by atoms with Gasteiger partial charge in [0.2, 0.25) is 0 Å². The van der Waals surface area contributed by atoms with Gasteiger partial charge < -0.3 is 0 Å². The van der Waals surface area contributed by atoms with E-state index in [1.54, 1.807) is 31.2 Å². The Morgan fingerprint density at radius 2 is 1.92 bits per heavy atom. The summed E-state index contributed by atoms with van der Waals surface area (Å²) in [5.41, 5.74) is 0.751. The van der Waals surface area contributed by atoms with Crippen LogP contribution in [0.25, 0.3) is 0 Å². The van der Waals surface area contributed by atoms with E-state index in [4.69, 9.17) is 0 Å². The first-order valence-corrected chi connectivity index (χ1v) is 4.14. The maximum Gasteiger partial charge on any atom is 0.366 e. The molecule has 1 radical (unpaired) electrons. The minimum Gasteiger partial charge on any atom is -0.246 e. The molecule has 0 saturated carbocycles. The summed E-state index contributed by atoms with van der Waals surface area (Å²) in [6, 6.07) is 9.04. The molecule has 13 heavy (non-hydrogen) atoms. The Hall–Kier alpha value is -1.57. The number of rotatable bonds is 3. The summed E-state index contributed by atoms with van der Waals surface area (Å²) < 4.78 is 0. The van der Waals surface area contributed by atoms with Crippen molar-refractivity contribution in [3.63, 3.8) is 0 Å². The standard InChI is InChI=1S/C11H11O2/c1-2-6-10(11(12)13)9-7-4-3-5-8-9/h2-8,10H,1H3/b6-2+. The summed E-state index contributed by atoms with van der Waals surface area (Å²) in [7, 11) is 0. The molecule has 0 saturated heterocycles. The minimum absolute atomic E-state index is 0.633. The van der Waals surface area contributed by atoms with Crippen molar-refractivity contribution in [2.75, 3.05) is 0 Å². The predicted molar refractivity (Wildman–Crippen MR) is 49.7 cm³/mol. The molecular formula is C11H11O2. The third-order valence-electron chi connectivity index (χ3n) is 1.80. The summed E-state index contributed by atoms with van der Waals surface area (Å²) >= 11 is 0. The Balaban J connectivity index is 2.96. The number of hydrogen-bond acceptors (Lipinski definition) is 1. The molecule has 1 rings (SSSR count). The van der Waals surface area contributed by atoms with E-state index in [2.05, 4.69) is 0 Å². The summed E-state index contributed by atoms with van der Waals surface area (Å²) in [5, 5.41) is 10.7. The third-order valence-corrected chi connectivity index (χ3v) is 1.80. The summed E-state index contributed by atoms with van der Waals surface area (Å²) in [6.45, 7) is 1.79. The van der Waals surface area contributed by atoms with E-state index >= 15 is 0 Å². The predicted octanol–water partition coefficient (Wildman–Crippen LogP) is 2.30. The molecule has 67 valence electrons. The van der Waals surface area contributed by atoms with Gasteiger partial charge in [0.15, 0.2) is 0 Å². The van der Waals surface area contributed by atoms with Gasteiger partial charge in [-0.3, -0.25) is 0 Å². The summed E-state index contributed by atoms with van der Waals surface area (Å²) in [5.74, 6) is -1.70. The topological polar surface area (TPSA) is 37.0 Å². The smallest absolute Gasteiger partial charge is 0.246 e. The largest absolute Gasteiger partial charge is 0.366 e. The molecular weight excluding hydrogens is 164 g/mol. The van der Waals surface area contributed by atoms with E-state index in [1.807, 2.05) is 18.2 Å². The Morgan fingerprint density at radius 3 is 2.38 bits per heavy atom. The molecule has 2 heteroatoms. The first kappa shape index (κ1) is 9.52. The second-order valence-electron chi connectivity index (χ2n) is 2.73. The fourth-order valence-corrected chi connectivity index (χ4v) is 1.18. The van der Waals surface area contributed by atoms with Crippen molar-refractivity contribution in [2.45, 2.75) is 12.8 Å². The second-order valence-corrected chi connectivity index (χ2v) is 2.73. The fraction of sp³-hybridized carbons (Fsp3) is 0.182. The minimum atomic E-state index is -1.07. The number of carbonyl (C=O) groups excluding carboxylic acids is 1. The van der Waals surface area contributed by atoms with Crippen LogP contribution in [0.3, 0.4) is 0 Å². The number of hydrogen-bond donors (Lipinski definition) is 0. The number of allylic oxidation sites excluding steroid dienone is 1. The van der Waals surface area contributed by atoms with Crippen molar-refractivity contribution < 1.29 is 9.90 Å². The van der Waals surface area contributed by atoms with Crippen LogP contribution in [0.5, 0.6) is 0 Å². The molecule has 1 aromatic rings. The average molecular weight is 175 g/mol. The van der Waals surface area contributed by atoms with Gasteiger partial charge in [-0.05, 0) is 12.5 Å². The van der Waals surface area contributed by atoms with Crippen LogP contribution in [-0.2, 0) is 9.90 Å². The molecule has 1 unspecified atom stereocenters. The monoisotopic (exact) mass is 175 g/mol. The quantitative estimate of drug-likeness (QED) is 0.649. The molecule has 0 bridgehead atoms. The Morgan fingerprint density at radius 1 is 1.31 bits per heavy atom. The summed E-state index contributed by atoms with van der Waals surface area (Å²) in [4.78, 5) is 10.7. The Labute approximate surface area is 77.5 Å². The lowest BCUT2D eigenvalue weighted by atomic mass is 9.99. The Kier molecular flexibility index (Phi) is 3.26. The van der Waals surface area contributed by atoms with Gasteiger partial charge >= 0.3 is 5.97 Å². The molecule has 0 aliphatic heterocycles. The normalized spacial score (nSPS) is 13.0. The lowest BCUT2D eigenvalue weighted by molar-refractivity contribution is -0.143. The van der Waals surface area contributed by atoms with Crippen molar-refractivity contribution in [2.24, 2.45) is 0 Å². The van der Waals surface area contributed by atoms with Crippen molar-refractivity contribution in [1.82, 2.24) is 0 Å². The molecule has 2 nitrogen and oxygen atoms in total. The molecule has 0 N–H and O–H groups in total. The third kappa shape index (κ3) is 2.44. The van der Waals surface area contributed by atoms with Crippen LogP contribution in [-0.4, -0.2) is 5.97 Å². The second kappa shape index (κ2) is 4.45. The van der Waals surface area contributed by atoms with Crippen LogP contribution in [0.1, 0.15) is 18.4 Å². The zero-order chi connectivity index (χ0) is 9.68. The molecule has 0 amide bonds. The molecule has 0 aromatic heterocycles. The maximum absolute atomic E-state index is 10.7. The number of carbonyl (C=O) groups is 1. The highest BCUT2D eigenvalue weighted by molar-refractivity contribution is 5.78. The molecule has 0 heterocycles. The SMILES string of the molecule is C/C=C/C(C([O])=O)c1ccccc1. The highest BCUT2D eigenvalue weighted by atomic mass is 16.4. The lowest BCUT2D eigenvalue weighted by Gasteiger charge is -2.04. The van der Waals surface area contributed by atoms with Crippen molar-refractivity contribution in [3.8, 4) is 0 Å². The molecule has 0 spiro atoms. The first-order chi connectivity index (χ1) is 6.25. The number of benzene rings is 1. The highest BCUT2D eigenvalue weighted by Crippen LogP contribution is 2.17. The molecule has 0 aliphatic carbocycles. The van der Waals surface area contributed by atoms with Gasteiger partial charge in [-0.25, -0.2) is 9.90 Å². The molecule has 0 fully saturated rings. The zero-order valence-electron chi connectivity index (χ0n) is 7.44. The molecule has 0 aliphatic rings. The summed E-state index contributed by atoms with van der Waals surface area (Å²) in [6.07, 6.45) is 3.33. The average Bonchev–Trinajstić information content (AvgIpc) is 2.15. The van der Waals surface area contributed by atoms with Crippen molar-refractivity contribution in [1.29, 1.82) is 0 Å². The van der Waals surface area contributed by atoms with Gasteiger partial charge in [0.25, 0.3) is 0 Å². The van der Waals surface area contributed by atoms with Crippen LogP contribution < -0.4 is 0 Å². The molecule has 1 aromatic carbocycles. The van der Waals surface area contributed by atoms with Gasteiger partial charge in [-0.2, -0.15) is 0 Å². The first-order valence-electron chi connectivity index (χ1n) is 4.14. The van der Waals surface area contributed by atoms with Crippen LogP contribution in [0.15, 0.2) is 42.5 Å². The van der Waals surface area contributed by atoms with Crippen LogP contribution in [0.2, 0.25) is 0 Å². The van der Waals surface area contributed by atoms with E-state index in [0.29, 0.717) is 0 Å². The van der Waals surface area contributed by atoms with E-state index in [0.717, 1.165) is 5.56 Å². The van der Waals surface area contributed by atoms with E-state index in [1.165, 1.54) is 0 Å². The van der Waals surface area contributed by atoms with Gasteiger partial charge in [0, 0.05) is 0 Å². The molecule has 1 atom stereocenters. The van der Waals surface area contributed by atoms with Crippen LogP contribution >= 0.6 is 0 Å². The van der Waals surface area contributed by atoms with E-state index < -0.39 is 11.9 Å². The fourth-order valence-electron chi connectivity index (χ4n) is 1.18. The highest BCUT2D eigenvalue weighted by Gasteiger charge is 2.17. The zero-order valence-corrected chi connectivity index (χ0v) is 7.44. The van der Waals surface area contributed by atoms with Gasteiger partial charge in [-0.15, -0.1) is 0 Å². The van der Waals surface area contributed by atoms with Gasteiger partial charge in [0.05, 0.1) is 0 Å². The van der Waals surface area contributed by atoms with Crippen LogP contribution in [0.4, 0.5) is 0 Å².